The maximum absolute atomic E-state index is 11.7. The zero-order valence-corrected chi connectivity index (χ0v) is 15.3. The molecule has 128 valence electrons. The molecular weight excluding hydrogens is 374 g/mol. The second kappa shape index (κ2) is 7.34. The van der Waals surface area contributed by atoms with Crippen molar-refractivity contribution in [2.45, 2.75) is 39.3 Å². The standard InChI is InChI=1S/C17H20BrN3O3/c1-11(2)16(23-13-7-5-12(18)6-8-13)17-19-14(24-20-17)10-21-9-3-4-15(21)22/h5-8,11,16H,3-4,9-10H2,1-2H3. The first-order valence-corrected chi connectivity index (χ1v) is 8.84. The highest BCUT2D eigenvalue weighted by molar-refractivity contribution is 9.10. The van der Waals surface area contributed by atoms with E-state index in [0.717, 1.165) is 23.2 Å². The Kier molecular flexibility index (Phi) is 5.18. The van der Waals surface area contributed by atoms with Gasteiger partial charge in [-0.2, -0.15) is 4.98 Å². The average molecular weight is 394 g/mol. The Hall–Kier alpha value is -1.89. The Morgan fingerprint density at radius 2 is 2.08 bits per heavy atom. The van der Waals surface area contributed by atoms with Gasteiger partial charge in [-0.05, 0) is 36.6 Å². The van der Waals surface area contributed by atoms with Crippen LogP contribution in [0.1, 0.15) is 44.5 Å². The molecule has 2 aromatic rings. The molecule has 6 nitrogen and oxygen atoms in total. The summed E-state index contributed by atoms with van der Waals surface area (Å²) in [6.45, 7) is 5.21. The molecule has 1 aromatic heterocycles. The Morgan fingerprint density at radius 1 is 1.33 bits per heavy atom. The van der Waals surface area contributed by atoms with Crippen LogP contribution in [0.25, 0.3) is 0 Å². The number of rotatable bonds is 6. The van der Waals surface area contributed by atoms with Gasteiger partial charge in [0.15, 0.2) is 6.10 Å². The number of amides is 1. The van der Waals surface area contributed by atoms with Crippen molar-refractivity contribution >= 4 is 21.8 Å². The number of ether oxygens (including phenoxy) is 1. The molecule has 0 spiro atoms. The van der Waals surface area contributed by atoms with Crippen molar-refractivity contribution in [1.82, 2.24) is 15.0 Å². The minimum atomic E-state index is -0.307. The van der Waals surface area contributed by atoms with Gasteiger partial charge in [0.2, 0.25) is 17.6 Å². The highest BCUT2D eigenvalue weighted by Gasteiger charge is 2.26. The molecule has 1 unspecified atom stereocenters. The van der Waals surface area contributed by atoms with Crippen LogP contribution in [0.5, 0.6) is 5.75 Å². The quantitative estimate of drug-likeness (QED) is 0.747. The molecular formula is C17H20BrN3O3. The molecule has 1 fully saturated rings. The molecule has 1 atom stereocenters. The van der Waals surface area contributed by atoms with Crippen molar-refractivity contribution in [3.8, 4) is 5.75 Å². The van der Waals surface area contributed by atoms with Crippen molar-refractivity contribution in [3.63, 3.8) is 0 Å². The number of nitrogens with zero attached hydrogens (tertiary/aromatic N) is 3. The van der Waals surface area contributed by atoms with Gasteiger partial charge < -0.3 is 14.2 Å². The third-order valence-electron chi connectivity index (χ3n) is 3.92. The fraction of sp³-hybridized carbons (Fsp3) is 0.471. The lowest BCUT2D eigenvalue weighted by Crippen LogP contribution is -2.24. The molecule has 1 aliphatic heterocycles. The fourth-order valence-electron chi connectivity index (χ4n) is 2.63. The second-order valence-corrected chi connectivity index (χ2v) is 7.12. The summed E-state index contributed by atoms with van der Waals surface area (Å²) in [5, 5.41) is 4.06. The van der Waals surface area contributed by atoms with Crippen molar-refractivity contribution in [2.24, 2.45) is 5.92 Å². The van der Waals surface area contributed by atoms with E-state index >= 15 is 0 Å². The zero-order valence-electron chi connectivity index (χ0n) is 13.7. The van der Waals surface area contributed by atoms with E-state index in [2.05, 4.69) is 26.1 Å². The molecule has 0 saturated carbocycles. The number of benzene rings is 1. The lowest BCUT2D eigenvalue weighted by molar-refractivity contribution is -0.128. The highest BCUT2D eigenvalue weighted by atomic mass is 79.9. The fourth-order valence-corrected chi connectivity index (χ4v) is 2.89. The molecule has 0 bridgehead atoms. The smallest absolute Gasteiger partial charge is 0.246 e. The van der Waals surface area contributed by atoms with Gasteiger partial charge in [0.05, 0.1) is 6.54 Å². The minimum Gasteiger partial charge on any atom is -0.482 e. The van der Waals surface area contributed by atoms with E-state index in [1.165, 1.54) is 0 Å². The number of aromatic nitrogens is 2. The van der Waals surface area contributed by atoms with Crippen LogP contribution in [-0.2, 0) is 11.3 Å². The van der Waals surface area contributed by atoms with Crippen LogP contribution in [0.4, 0.5) is 0 Å². The predicted molar refractivity (Wildman–Crippen MR) is 91.3 cm³/mol. The molecule has 3 rings (SSSR count). The van der Waals surface area contributed by atoms with E-state index < -0.39 is 0 Å². The lowest BCUT2D eigenvalue weighted by atomic mass is 10.1. The lowest BCUT2D eigenvalue weighted by Gasteiger charge is -2.19. The van der Waals surface area contributed by atoms with Crippen molar-refractivity contribution in [3.05, 3.63) is 40.5 Å². The normalized spacial score (nSPS) is 16.0. The Balaban J connectivity index is 1.72. The van der Waals surface area contributed by atoms with Gasteiger partial charge in [-0.1, -0.05) is 34.9 Å². The molecule has 24 heavy (non-hydrogen) atoms. The molecule has 0 radical (unpaired) electrons. The molecule has 2 heterocycles. The number of likely N-dealkylation sites (tertiary alicyclic amines) is 1. The number of hydrogen-bond acceptors (Lipinski definition) is 5. The monoisotopic (exact) mass is 393 g/mol. The van der Waals surface area contributed by atoms with E-state index in [1.54, 1.807) is 4.90 Å². The summed E-state index contributed by atoms with van der Waals surface area (Å²) in [6, 6.07) is 7.63. The van der Waals surface area contributed by atoms with E-state index in [4.69, 9.17) is 9.26 Å². The van der Waals surface area contributed by atoms with Crippen LogP contribution in [-0.4, -0.2) is 27.5 Å². The largest absolute Gasteiger partial charge is 0.482 e. The van der Waals surface area contributed by atoms with E-state index in [1.807, 2.05) is 38.1 Å². The first kappa shape index (κ1) is 17.0. The van der Waals surface area contributed by atoms with Crippen molar-refractivity contribution in [2.75, 3.05) is 6.54 Å². The van der Waals surface area contributed by atoms with Crippen LogP contribution >= 0.6 is 15.9 Å². The third kappa shape index (κ3) is 3.95. The number of hydrogen-bond donors (Lipinski definition) is 0. The summed E-state index contributed by atoms with van der Waals surface area (Å²) < 4.78 is 12.3. The summed E-state index contributed by atoms with van der Waals surface area (Å²) in [7, 11) is 0. The minimum absolute atomic E-state index is 0.140. The first-order valence-electron chi connectivity index (χ1n) is 8.05. The third-order valence-corrected chi connectivity index (χ3v) is 4.45. The van der Waals surface area contributed by atoms with Crippen molar-refractivity contribution < 1.29 is 14.1 Å². The number of halogens is 1. The Bertz CT molecular complexity index is 699. The predicted octanol–water partition coefficient (Wildman–Crippen LogP) is 3.73. The molecule has 7 heteroatoms. The zero-order chi connectivity index (χ0) is 17.1. The van der Waals surface area contributed by atoms with Crippen LogP contribution in [0.15, 0.2) is 33.3 Å². The molecule has 0 N–H and O–H groups in total. The Labute approximate surface area is 149 Å². The summed E-state index contributed by atoms with van der Waals surface area (Å²) in [4.78, 5) is 17.9. The summed E-state index contributed by atoms with van der Waals surface area (Å²) in [6.07, 6.45) is 1.18. The van der Waals surface area contributed by atoms with Gasteiger partial charge in [0, 0.05) is 17.4 Å². The Morgan fingerprint density at radius 3 is 2.71 bits per heavy atom. The van der Waals surface area contributed by atoms with Gasteiger partial charge in [0.1, 0.15) is 5.75 Å². The van der Waals surface area contributed by atoms with E-state index in [9.17, 15) is 4.79 Å². The van der Waals surface area contributed by atoms with Crippen LogP contribution in [0.2, 0.25) is 0 Å². The van der Waals surface area contributed by atoms with Gasteiger partial charge in [-0.3, -0.25) is 4.79 Å². The molecule has 0 aliphatic carbocycles. The van der Waals surface area contributed by atoms with Crippen molar-refractivity contribution in [1.29, 1.82) is 0 Å². The highest BCUT2D eigenvalue weighted by Crippen LogP contribution is 2.28. The van der Waals surface area contributed by atoms with E-state index in [0.29, 0.717) is 24.7 Å². The topological polar surface area (TPSA) is 68.5 Å². The van der Waals surface area contributed by atoms with Gasteiger partial charge in [0.25, 0.3) is 0 Å². The van der Waals surface area contributed by atoms with Gasteiger partial charge in [-0.15, -0.1) is 0 Å². The first-order chi connectivity index (χ1) is 11.5. The average Bonchev–Trinajstić information content (AvgIpc) is 3.17. The second-order valence-electron chi connectivity index (χ2n) is 6.20. The molecule has 1 amide bonds. The van der Waals surface area contributed by atoms with E-state index in [-0.39, 0.29) is 17.9 Å². The summed E-state index contributed by atoms with van der Waals surface area (Å²) in [5.41, 5.74) is 0. The molecule has 1 aliphatic rings. The maximum atomic E-state index is 11.7. The SMILES string of the molecule is CC(C)C(Oc1ccc(Br)cc1)c1noc(CN2CCCC2=O)n1. The number of carbonyl (C=O) groups excluding carboxylic acids is 1. The molecule has 1 aromatic carbocycles. The molecule has 1 saturated heterocycles. The van der Waals surface area contributed by atoms with Crippen LogP contribution < -0.4 is 4.74 Å². The van der Waals surface area contributed by atoms with Gasteiger partial charge >= 0.3 is 0 Å². The summed E-state index contributed by atoms with van der Waals surface area (Å²) in [5.74, 6) is 2.02. The van der Waals surface area contributed by atoms with Gasteiger partial charge in [-0.25, -0.2) is 0 Å². The van der Waals surface area contributed by atoms with Crippen LogP contribution in [0, 0.1) is 5.92 Å². The van der Waals surface area contributed by atoms with Crippen LogP contribution in [0.3, 0.4) is 0 Å². The summed E-state index contributed by atoms with van der Waals surface area (Å²) >= 11 is 3.41. The maximum Gasteiger partial charge on any atom is 0.246 e. The number of carbonyl (C=O) groups is 1.